The van der Waals surface area contributed by atoms with Crippen molar-refractivity contribution in [2.24, 2.45) is 0 Å². The number of hydrogen-bond acceptors (Lipinski definition) is 5. The van der Waals surface area contributed by atoms with Crippen LogP contribution in [0.2, 0.25) is 0 Å². The maximum atomic E-state index is 11.8. The molecule has 1 fully saturated rings. The first-order valence-electron chi connectivity index (χ1n) is 6.94. The summed E-state index contributed by atoms with van der Waals surface area (Å²) in [7, 11) is 0. The number of nitrogens with one attached hydrogen (secondary N) is 2. The number of rotatable bonds is 5. The van der Waals surface area contributed by atoms with E-state index in [2.05, 4.69) is 17.6 Å². The summed E-state index contributed by atoms with van der Waals surface area (Å²) in [6.07, 6.45) is 1.82. The molecule has 0 aliphatic carbocycles. The normalized spacial score (nSPS) is 20.6. The summed E-state index contributed by atoms with van der Waals surface area (Å²) in [6, 6.07) is 6.24. The smallest absolute Gasteiger partial charge is 0.269 e. The summed E-state index contributed by atoms with van der Waals surface area (Å²) < 4.78 is 5.32. The lowest BCUT2D eigenvalue weighted by Crippen LogP contribution is -2.47. The average molecular weight is 330 g/mol. The number of hydrogen-bond donors (Lipinski definition) is 2. The van der Waals surface area contributed by atoms with Crippen LogP contribution in [0.1, 0.15) is 19.8 Å². The third-order valence-electron chi connectivity index (χ3n) is 3.41. The van der Waals surface area contributed by atoms with E-state index in [0.717, 1.165) is 19.4 Å². The van der Waals surface area contributed by atoms with Crippen molar-refractivity contribution in [1.29, 1.82) is 0 Å². The number of nitro benzene ring substituents is 1. The Labute approximate surface area is 135 Å². The molecule has 1 heterocycles. The summed E-state index contributed by atoms with van der Waals surface area (Å²) in [5, 5.41) is 16.8. The van der Waals surface area contributed by atoms with E-state index in [4.69, 9.17) is 4.74 Å². The van der Waals surface area contributed by atoms with Crippen molar-refractivity contribution >= 4 is 24.0 Å². The van der Waals surface area contributed by atoms with Crippen LogP contribution in [0.3, 0.4) is 0 Å². The maximum absolute atomic E-state index is 11.8. The molecule has 2 N–H and O–H groups in total. The Morgan fingerprint density at radius 1 is 1.45 bits per heavy atom. The molecule has 7 nitrogen and oxygen atoms in total. The molecule has 0 aromatic heterocycles. The van der Waals surface area contributed by atoms with Gasteiger partial charge in [-0.25, -0.2) is 0 Å². The first-order chi connectivity index (χ1) is 10.0. The highest BCUT2D eigenvalue weighted by atomic mass is 35.5. The highest BCUT2D eigenvalue weighted by Gasteiger charge is 2.19. The van der Waals surface area contributed by atoms with E-state index in [1.165, 1.54) is 24.3 Å². The molecule has 0 bridgehead atoms. The lowest BCUT2D eigenvalue weighted by Gasteiger charge is -2.28. The largest absolute Gasteiger partial charge is 0.484 e. The van der Waals surface area contributed by atoms with Crippen LogP contribution in [-0.2, 0) is 4.79 Å². The number of carbonyl (C=O) groups excluding carboxylic acids is 1. The number of piperidine rings is 1. The maximum Gasteiger partial charge on any atom is 0.269 e. The standard InChI is InChI=1S/C14H19N3O4.ClH/c1-10-8-11(6-7-15-10)16-14(18)9-21-13-4-2-12(3-5-13)17(19)20;/h2-5,10-11,15H,6-9H2,1H3,(H,16,18);1H. The molecule has 1 aliphatic rings. The number of halogens is 1. The van der Waals surface area contributed by atoms with Crippen LogP contribution in [-0.4, -0.2) is 36.1 Å². The molecule has 1 aliphatic heterocycles. The zero-order chi connectivity index (χ0) is 15.2. The van der Waals surface area contributed by atoms with Crippen molar-refractivity contribution < 1.29 is 14.5 Å². The minimum Gasteiger partial charge on any atom is -0.484 e. The molecule has 0 radical (unpaired) electrons. The Bertz CT molecular complexity index is 509. The van der Waals surface area contributed by atoms with Crippen LogP contribution < -0.4 is 15.4 Å². The van der Waals surface area contributed by atoms with Gasteiger partial charge in [0.25, 0.3) is 11.6 Å². The first kappa shape index (κ1) is 18.2. The van der Waals surface area contributed by atoms with Crippen molar-refractivity contribution in [2.75, 3.05) is 13.2 Å². The van der Waals surface area contributed by atoms with E-state index >= 15 is 0 Å². The fourth-order valence-electron chi connectivity index (χ4n) is 2.35. The quantitative estimate of drug-likeness (QED) is 0.633. The van der Waals surface area contributed by atoms with Crippen LogP contribution in [0, 0.1) is 10.1 Å². The zero-order valence-electron chi connectivity index (χ0n) is 12.3. The van der Waals surface area contributed by atoms with Crippen LogP contribution in [0.25, 0.3) is 0 Å². The van der Waals surface area contributed by atoms with Crippen molar-refractivity contribution in [3.05, 3.63) is 34.4 Å². The monoisotopic (exact) mass is 329 g/mol. The Kier molecular flexibility index (Phi) is 7.07. The van der Waals surface area contributed by atoms with Gasteiger partial charge >= 0.3 is 0 Å². The number of benzene rings is 1. The van der Waals surface area contributed by atoms with E-state index in [1.54, 1.807) is 0 Å². The minimum atomic E-state index is -0.477. The van der Waals surface area contributed by atoms with E-state index in [9.17, 15) is 14.9 Å². The second kappa shape index (κ2) is 8.55. The van der Waals surface area contributed by atoms with Gasteiger partial charge in [-0.05, 0) is 38.4 Å². The molecule has 22 heavy (non-hydrogen) atoms. The lowest BCUT2D eigenvalue weighted by atomic mass is 10.0. The second-order valence-electron chi connectivity index (χ2n) is 5.18. The van der Waals surface area contributed by atoms with Gasteiger partial charge in [0, 0.05) is 24.2 Å². The van der Waals surface area contributed by atoms with Crippen molar-refractivity contribution in [2.45, 2.75) is 31.8 Å². The molecule has 8 heteroatoms. The molecular formula is C14H20ClN3O4. The van der Waals surface area contributed by atoms with Crippen LogP contribution in [0.5, 0.6) is 5.75 Å². The van der Waals surface area contributed by atoms with Gasteiger partial charge in [-0.15, -0.1) is 12.4 Å². The van der Waals surface area contributed by atoms with Crippen molar-refractivity contribution in [3.63, 3.8) is 0 Å². The molecule has 2 unspecified atom stereocenters. The van der Waals surface area contributed by atoms with Gasteiger partial charge in [-0.2, -0.15) is 0 Å². The SMILES string of the molecule is CC1CC(NC(=O)COc2ccc([N+](=O)[O-])cc2)CCN1.Cl. The van der Waals surface area contributed by atoms with E-state index < -0.39 is 4.92 Å². The van der Waals surface area contributed by atoms with E-state index in [-0.39, 0.29) is 36.7 Å². The molecule has 1 amide bonds. The molecule has 2 rings (SSSR count). The zero-order valence-corrected chi connectivity index (χ0v) is 13.1. The van der Waals surface area contributed by atoms with Gasteiger partial charge in [-0.3, -0.25) is 14.9 Å². The molecule has 0 saturated carbocycles. The van der Waals surface area contributed by atoms with Gasteiger partial charge in [0.1, 0.15) is 5.75 Å². The second-order valence-corrected chi connectivity index (χ2v) is 5.18. The molecule has 2 atom stereocenters. The van der Waals surface area contributed by atoms with Gasteiger partial charge in [0.2, 0.25) is 0 Å². The number of ether oxygens (including phenoxy) is 1. The van der Waals surface area contributed by atoms with Gasteiger partial charge in [0.05, 0.1) is 4.92 Å². The number of non-ortho nitro benzene ring substituents is 1. The highest BCUT2D eigenvalue weighted by Crippen LogP contribution is 2.17. The fraction of sp³-hybridized carbons (Fsp3) is 0.500. The van der Waals surface area contributed by atoms with Crippen LogP contribution >= 0.6 is 12.4 Å². The molecule has 0 spiro atoms. The minimum absolute atomic E-state index is 0. The van der Waals surface area contributed by atoms with Gasteiger partial charge in [0.15, 0.2) is 6.61 Å². The predicted molar refractivity (Wildman–Crippen MR) is 84.5 cm³/mol. The number of nitro groups is 1. The lowest BCUT2D eigenvalue weighted by molar-refractivity contribution is -0.384. The Morgan fingerprint density at radius 3 is 2.73 bits per heavy atom. The summed E-state index contributed by atoms with van der Waals surface area (Å²) in [6.45, 7) is 2.90. The third-order valence-corrected chi connectivity index (χ3v) is 3.41. The summed E-state index contributed by atoms with van der Waals surface area (Å²) >= 11 is 0. The third kappa shape index (κ3) is 5.50. The molecule has 1 aromatic rings. The molecule has 1 saturated heterocycles. The van der Waals surface area contributed by atoms with Gasteiger partial charge in [-0.1, -0.05) is 0 Å². The summed E-state index contributed by atoms with van der Waals surface area (Å²) in [4.78, 5) is 21.8. The molecule has 1 aromatic carbocycles. The topological polar surface area (TPSA) is 93.5 Å². The Morgan fingerprint density at radius 2 is 2.14 bits per heavy atom. The van der Waals surface area contributed by atoms with Crippen LogP contribution in [0.4, 0.5) is 5.69 Å². The van der Waals surface area contributed by atoms with E-state index in [0.29, 0.717) is 11.8 Å². The predicted octanol–water partition coefficient (Wildman–Crippen LogP) is 1.65. The Hall–Kier alpha value is -1.86. The number of carbonyl (C=O) groups is 1. The van der Waals surface area contributed by atoms with Gasteiger partial charge < -0.3 is 15.4 Å². The Balaban J connectivity index is 0.00000242. The highest BCUT2D eigenvalue weighted by molar-refractivity contribution is 5.85. The van der Waals surface area contributed by atoms with Crippen molar-refractivity contribution in [3.8, 4) is 5.75 Å². The van der Waals surface area contributed by atoms with Crippen molar-refractivity contribution in [1.82, 2.24) is 10.6 Å². The molecular weight excluding hydrogens is 310 g/mol. The van der Waals surface area contributed by atoms with Crippen LogP contribution in [0.15, 0.2) is 24.3 Å². The van der Waals surface area contributed by atoms with E-state index in [1.807, 2.05) is 0 Å². The first-order valence-corrected chi connectivity index (χ1v) is 6.94. The average Bonchev–Trinajstić information content (AvgIpc) is 2.45. The summed E-state index contributed by atoms with van der Waals surface area (Å²) in [5.74, 6) is 0.266. The molecule has 122 valence electrons. The summed E-state index contributed by atoms with van der Waals surface area (Å²) in [5.41, 5.74) is -0.00417. The fourth-order valence-corrected chi connectivity index (χ4v) is 2.35. The number of nitrogens with zero attached hydrogens (tertiary/aromatic N) is 1. The number of amides is 1.